The van der Waals surface area contributed by atoms with E-state index in [-0.39, 0.29) is 28.7 Å². The van der Waals surface area contributed by atoms with E-state index in [1.54, 1.807) is 61.7 Å². The van der Waals surface area contributed by atoms with Crippen LogP contribution in [0.3, 0.4) is 0 Å². The van der Waals surface area contributed by atoms with Crippen molar-refractivity contribution in [2.24, 2.45) is 0 Å². The molecule has 0 bridgehead atoms. The van der Waals surface area contributed by atoms with Crippen LogP contribution in [0.1, 0.15) is 31.8 Å². The molecule has 3 aromatic rings. The van der Waals surface area contributed by atoms with E-state index >= 15 is 0 Å². The highest BCUT2D eigenvalue weighted by molar-refractivity contribution is 7.97. The maximum atomic E-state index is 13.2. The number of halogens is 2. The minimum atomic E-state index is -1.70. The van der Waals surface area contributed by atoms with E-state index in [4.69, 9.17) is 11.6 Å². The summed E-state index contributed by atoms with van der Waals surface area (Å²) < 4.78 is 27.4. The van der Waals surface area contributed by atoms with Crippen LogP contribution >= 0.6 is 11.6 Å². The minimum absolute atomic E-state index is 0.103. The SMILES string of the molecule is CN1c2ccc(C(=O)NCc3ccc(F)cc3)cc2C(=O)/C(=C\c2cccc(Cl)c2)[S+]1[O-]. The van der Waals surface area contributed by atoms with Gasteiger partial charge >= 0.3 is 0 Å². The Balaban J connectivity index is 1.60. The van der Waals surface area contributed by atoms with Gasteiger partial charge in [0.1, 0.15) is 17.2 Å². The number of hydrogen-bond acceptors (Lipinski definition) is 4. The molecule has 0 saturated carbocycles. The summed E-state index contributed by atoms with van der Waals surface area (Å²) in [5, 5.41) is 3.26. The summed E-state index contributed by atoms with van der Waals surface area (Å²) in [4.78, 5) is 25.9. The Morgan fingerprint density at radius 3 is 2.62 bits per heavy atom. The summed E-state index contributed by atoms with van der Waals surface area (Å²) >= 11 is 4.32. The first-order valence-corrected chi connectivity index (χ1v) is 11.2. The fraction of sp³-hybridized carbons (Fsp3) is 0.0833. The molecule has 8 heteroatoms. The topological polar surface area (TPSA) is 72.5 Å². The van der Waals surface area contributed by atoms with E-state index in [0.29, 0.717) is 21.8 Å². The molecule has 1 amide bonds. The lowest BCUT2D eigenvalue weighted by molar-refractivity contribution is 0.0951. The molecule has 162 valence electrons. The van der Waals surface area contributed by atoms with Crippen molar-refractivity contribution >= 4 is 46.4 Å². The number of nitrogens with zero attached hydrogens (tertiary/aromatic N) is 1. The van der Waals surface area contributed by atoms with E-state index < -0.39 is 17.1 Å². The summed E-state index contributed by atoms with van der Waals surface area (Å²) in [7, 11) is 1.63. The van der Waals surface area contributed by atoms with Crippen LogP contribution in [-0.2, 0) is 17.9 Å². The van der Waals surface area contributed by atoms with Gasteiger partial charge in [0.25, 0.3) is 5.91 Å². The molecule has 5 nitrogen and oxygen atoms in total. The average molecular weight is 469 g/mol. The third-order valence-corrected chi connectivity index (χ3v) is 6.62. The van der Waals surface area contributed by atoms with Gasteiger partial charge < -0.3 is 9.87 Å². The number of rotatable bonds is 4. The number of hydrogen-bond donors (Lipinski definition) is 1. The molecule has 0 radical (unpaired) electrons. The number of fused-ring (bicyclic) bond motifs is 1. The molecular weight excluding hydrogens is 451 g/mol. The first-order chi connectivity index (χ1) is 15.3. The van der Waals surface area contributed by atoms with Gasteiger partial charge in [-0.2, -0.15) is 4.31 Å². The molecule has 0 spiro atoms. The second-order valence-electron chi connectivity index (χ2n) is 7.18. The zero-order valence-electron chi connectivity index (χ0n) is 17.0. The van der Waals surface area contributed by atoms with Gasteiger partial charge in [0, 0.05) is 23.2 Å². The van der Waals surface area contributed by atoms with Crippen molar-refractivity contribution in [1.29, 1.82) is 0 Å². The van der Waals surface area contributed by atoms with Crippen molar-refractivity contribution in [3.05, 3.63) is 105 Å². The van der Waals surface area contributed by atoms with E-state index in [1.807, 2.05) is 0 Å². The van der Waals surface area contributed by atoms with Crippen molar-refractivity contribution in [2.45, 2.75) is 6.54 Å². The van der Waals surface area contributed by atoms with Crippen LogP contribution in [-0.4, -0.2) is 23.3 Å². The van der Waals surface area contributed by atoms with Crippen LogP contribution in [0.2, 0.25) is 5.02 Å². The van der Waals surface area contributed by atoms with Crippen LogP contribution in [0.15, 0.2) is 71.6 Å². The van der Waals surface area contributed by atoms with Crippen molar-refractivity contribution in [3.8, 4) is 0 Å². The largest absolute Gasteiger partial charge is 0.588 e. The predicted molar refractivity (Wildman–Crippen MR) is 124 cm³/mol. The molecule has 0 aromatic heterocycles. The number of benzene rings is 3. The van der Waals surface area contributed by atoms with Gasteiger partial charge in [-0.05, 0) is 53.6 Å². The molecular formula is C24H18ClFN2O3S. The zero-order valence-corrected chi connectivity index (χ0v) is 18.5. The number of ketones is 1. The minimum Gasteiger partial charge on any atom is -0.588 e. The van der Waals surface area contributed by atoms with Gasteiger partial charge in [-0.3, -0.25) is 9.59 Å². The highest BCUT2D eigenvalue weighted by atomic mass is 35.5. The average Bonchev–Trinajstić information content (AvgIpc) is 2.79. The van der Waals surface area contributed by atoms with E-state index in [2.05, 4.69) is 5.32 Å². The lowest BCUT2D eigenvalue weighted by Gasteiger charge is -2.29. The number of anilines is 1. The van der Waals surface area contributed by atoms with Gasteiger partial charge in [0.15, 0.2) is 0 Å². The lowest BCUT2D eigenvalue weighted by atomic mass is 10.0. The molecule has 0 saturated heterocycles. The van der Waals surface area contributed by atoms with Crippen LogP contribution in [0, 0.1) is 5.82 Å². The van der Waals surface area contributed by atoms with Crippen molar-refractivity contribution in [1.82, 2.24) is 5.32 Å². The fourth-order valence-corrected chi connectivity index (χ4v) is 4.67. The molecule has 1 aliphatic heterocycles. The number of amides is 1. The van der Waals surface area contributed by atoms with Crippen LogP contribution in [0.25, 0.3) is 6.08 Å². The van der Waals surface area contributed by atoms with E-state index in [9.17, 15) is 18.5 Å². The summed E-state index contributed by atoms with van der Waals surface area (Å²) in [6.07, 6.45) is 1.55. The fourth-order valence-electron chi connectivity index (χ4n) is 3.33. The van der Waals surface area contributed by atoms with Gasteiger partial charge in [-0.15, -0.1) is 0 Å². The van der Waals surface area contributed by atoms with Gasteiger partial charge in [0.2, 0.25) is 10.7 Å². The van der Waals surface area contributed by atoms with Crippen LogP contribution < -0.4 is 9.62 Å². The number of carbonyl (C=O) groups is 2. The third-order valence-electron chi connectivity index (χ3n) is 5.02. The summed E-state index contributed by atoms with van der Waals surface area (Å²) in [5.41, 5.74) is 2.46. The first-order valence-electron chi connectivity index (χ1n) is 9.68. The number of Topliss-reactive ketones (excluding diaryl/α,β-unsaturated/α-hetero) is 1. The molecule has 1 aliphatic rings. The molecule has 3 aromatic carbocycles. The molecule has 1 heterocycles. The Labute approximate surface area is 192 Å². The summed E-state index contributed by atoms with van der Waals surface area (Å²) in [5.74, 6) is -1.14. The molecule has 1 unspecified atom stereocenters. The molecule has 0 aliphatic carbocycles. The van der Waals surface area contributed by atoms with Gasteiger partial charge in [-0.1, -0.05) is 35.9 Å². The Kier molecular flexibility index (Phi) is 6.32. The highest BCUT2D eigenvalue weighted by Gasteiger charge is 2.38. The Bertz CT molecular complexity index is 1230. The summed E-state index contributed by atoms with van der Waals surface area (Å²) in [6.45, 7) is 0.216. The molecule has 1 N–H and O–H groups in total. The molecule has 0 fully saturated rings. The predicted octanol–water partition coefficient (Wildman–Crippen LogP) is 4.75. The highest BCUT2D eigenvalue weighted by Crippen LogP contribution is 2.35. The smallest absolute Gasteiger partial charge is 0.251 e. The van der Waals surface area contributed by atoms with Crippen LogP contribution in [0.5, 0.6) is 0 Å². The Hall–Kier alpha value is -3.13. The number of allylic oxidation sites excluding steroid dienone is 1. The molecule has 4 rings (SSSR count). The first kappa shape index (κ1) is 22.1. The van der Waals surface area contributed by atoms with Gasteiger partial charge in [0.05, 0.1) is 18.3 Å². The number of nitrogens with one attached hydrogen (secondary N) is 1. The standard InChI is InChI=1S/C24H18ClFN2O3S/c1-28-21-10-7-17(24(30)27-14-15-5-8-19(26)9-6-15)13-20(21)23(29)22(32(28)31)12-16-3-2-4-18(25)11-16/h2-13H,14H2,1H3,(H,27,30)/b22-12+. The van der Waals surface area contributed by atoms with Gasteiger partial charge in [-0.25, -0.2) is 4.39 Å². The Morgan fingerprint density at radius 2 is 1.91 bits per heavy atom. The second kappa shape index (κ2) is 9.16. The van der Waals surface area contributed by atoms with E-state index in [1.165, 1.54) is 22.5 Å². The summed E-state index contributed by atoms with van der Waals surface area (Å²) in [6, 6.07) is 17.4. The van der Waals surface area contributed by atoms with Crippen molar-refractivity contribution in [2.75, 3.05) is 11.4 Å². The quantitative estimate of drug-likeness (QED) is 0.443. The normalized spacial score (nSPS) is 16.8. The van der Waals surface area contributed by atoms with Crippen LogP contribution in [0.4, 0.5) is 10.1 Å². The second-order valence-corrected chi connectivity index (χ2v) is 9.10. The van der Waals surface area contributed by atoms with Crippen molar-refractivity contribution in [3.63, 3.8) is 0 Å². The van der Waals surface area contributed by atoms with E-state index in [0.717, 1.165) is 5.56 Å². The lowest BCUT2D eigenvalue weighted by Crippen LogP contribution is -2.36. The zero-order chi connectivity index (χ0) is 22.8. The Morgan fingerprint density at radius 1 is 1.16 bits per heavy atom. The third kappa shape index (κ3) is 4.55. The maximum absolute atomic E-state index is 13.2. The monoisotopic (exact) mass is 468 g/mol. The maximum Gasteiger partial charge on any atom is 0.251 e. The molecule has 32 heavy (non-hydrogen) atoms. The molecule has 1 atom stereocenters. The number of carbonyl (C=O) groups excluding carboxylic acids is 2. The van der Waals surface area contributed by atoms with Crippen molar-refractivity contribution < 1.29 is 18.5 Å².